The van der Waals surface area contributed by atoms with Crippen LogP contribution in [0.3, 0.4) is 0 Å². The smallest absolute Gasteiger partial charge is 0.0984 e. The summed E-state index contributed by atoms with van der Waals surface area (Å²) in [5.74, 6) is 2.17. The van der Waals surface area contributed by atoms with Gasteiger partial charge in [0.05, 0.1) is 6.10 Å². The Morgan fingerprint density at radius 1 is 0.567 bits per heavy atom. The largest absolute Gasteiger partial charge is 0.384 e. The predicted molar refractivity (Wildman–Crippen MR) is 133 cm³/mol. The average Bonchev–Trinajstić information content (AvgIpc) is 2.79. The molecule has 30 heavy (non-hydrogen) atoms. The van der Waals surface area contributed by atoms with Gasteiger partial charge in [0.25, 0.3) is 0 Å². The van der Waals surface area contributed by atoms with E-state index in [0.717, 1.165) is 5.57 Å². The van der Waals surface area contributed by atoms with Gasteiger partial charge in [-0.25, -0.2) is 0 Å². The molecule has 0 amide bonds. The second kappa shape index (κ2) is 9.59. The van der Waals surface area contributed by atoms with Gasteiger partial charge in [0.15, 0.2) is 0 Å². The van der Waals surface area contributed by atoms with Gasteiger partial charge in [-0.1, -0.05) is 134 Å². The van der Waals surface area contributed by atoms with Crippen LogP contribution in [0.25, 0.3) is 0 Å². The van der Waals surface area contributed by atoms with Crippen LogP contribution >= 0.6 is 6.89 Å². The molecule has 4 rings (SSSR count). The zero-order chi connectivity index (χ0) is 20.7. The quantitative estimate of drug-likeness (QED) is 0.604. The molecular formula is C28H25OP. The maximum absolute atomic E-state index is 11.4. The highest BCUT2D eigenvalue weighted by Gasteiger charge is 2.26. The molecule has 0 saturated carbocycles. The fourth-order valence-corrected chi connectivity index (χ4v) is 7.70. The van der Waals surface area contributed by atoms with Crippen molar-refractivity contribution in [2.24, 2.45) is 0 Å². The van der Waals surface area contributed by atoms with Gasteiger partial charge in [0, 0.05) is 0 Å². The van der Waals surface area contributed by atoms with E-state index < -0.39 is 13.0 Å². The van der Waals surface area contributed by atoms with E-state index in [9.17, 15) is 5.11 Å². The van der Waals surface area contributed by atoms with Crippen molar-refractivity contribution < 1.29 is 5.11 Å². The van der Waals surface area contributed by atoms with Crippen molar-refractivity contribution in [2.45, 2.75) is 6.10 Å². The molecule has 0 radical (unpaired) electrons. The second-order valence-electron chi connectivity index (χ2n) is 7.12. The van der Waals surface area contributed by atoms with Crippen molar-refractivity contribution in [1.82, 2.24) is 0 Å². The number of aliphatic hydroxyl groups is 1. The van der Waals surface area contributed by atoms with Crippen molar-refractivity contribution in [2.75, 3.05) is 0 Å². The van der Waals surface area contributed by atoms with E-state index in [1.807, 2.05) is 60.7 Å². The molecule has 2 heteroatoms. The van der Waals surface area contributed by atoms with Crippen LogP contribution in [0.4, 0.5) is 0 Å². The fourth-order valence-electron chi connectivity index (χ4n) is 3.77. The minimum atomic E-state index is -2.19. The molecule has 0 fully saturated rings. The number of rotatable bonds is 5. The highest BCUT2D eigenvalue weighted by atomic mass is 31.2. The van der Waals surface area contributed by atoms with E-state index in [-0.39, 0.29) is 0 Å². The third-order valence-electron chi connectivity index (χ3n) is 5.22. The van der Waals surface area contributed by atoms with E-state index in [0.29, 0.717) is 0 Å². The first-order chi connectivity index (χ1) is 14.8. The van der Waals surface area contributed by atoms with Gasteiger partial charge in [-0.05, 0) is 34.2 Å². The Bertz CT molecular complexity index is 1030. The Morgan fingerprint density at radius 2 is 1.00 bits per heavy atom. The van der Waals surface area contributed by atoms with Crippen LogP contribution in [-0.4, -0.2) is 17.0 Å². The summed E-state index contributed by atoms with van der Waals surface area (Å²) >= 11 is 0. The van der Waals surface area contributed by atoms with Gasteiger partial charge in [-0.2, -0.15) is 0 Å². The highest BCUT2D eigenvalue weighted by Crippen LogP contribution is 2.44. The molecule has 0 saturated heterocycles. The van der Waals surface area contributed by atoms with Crippen LogP contribution < -0.4 is 15.9 Å². The summed E-state index contributed by atoms with van der Waals surface area (Å²) in [4.78, 5) is 0. The maximum Gasteiger partial charge on any atom is 0.0984 e. The Morgan fingerprint density at radius 3 is 1.50 bits per heavy atom. The molecule has 0 spiro atoms. The number of hydrogen-bond donors (Lipinski definition) is 1. The molecule has 1 unspecified atom stereocenters. The standard InChI is InChI=1S/C28H25OP/c29-28(24-15-7-2-1-3-8-16-24)23-30(25-17-9-4-10-18-25,26-19-11-5-12-20-26)27-21-13-6-14-22-27/h1-23,28-29H/b2-1-,3-1?,7-2?,8-3-,15-7?,16-8?,24-15?,24-16?. The van der Waals surface area contributed by atoms with Crippen molar-refractivity contribution >= 4 is 28.6 Å². The van der Waals surface area contributed by atoms with Gasteiger partial charge in [-0.3, -0.25) is 0 Å². The third-order valence-corrected chi connectivity index (χ3v) is 9.29. The minimum Gasteiger partial charge on any atom is -0.384 e. The first kappa shape index (κ1) is 20.2. The lowest BCUT2D eigenvalue weighted by Crippen LogP contribution is -2.30. The van der Waals surface area contributed by atoms with E-state index in [1.54, 1.807) is 0 Å². The fraction of sp³-hybridized carbons (Fsp3) is 0.0357. The summed E-state index contributed by atoms with van der Waals surface area (Å²) in [5.41, 5.74) is 0.878. The molecule has 0 heterocycles. The van der Waals surface area contributed by atoms with Crippen molar-refractivity contribution in [3.63, 3.8) is 0 Å². The summed E-state index contributed by atoms with van der Waals surface area (Å²) in [6.07, 6.45) is 13.1. The Labute approximate surface area is 179 Å². The molecule has 1 aliphatic carbocycles. The average molecular weight is 408 g/mol. The van der Waals surface area contributed by atoms with Crippen molar-refractivity contribution in [1.29, 1.82) is 0 Å². The Kier molecular flexibility index (Phi) is 6.44. The molecule has 1 nitrogen and oxygen atoms in total. The molecule has 0 aliphatic heterocycles. The highest BCUT2D eigenvalue weighted by molar-refractivity contribution is 7.94. The number of allylic oxidation sites excluding steroid dienone is 6. The van der Waals surface area contributed by atoms with Gasteiger partial charge in [-0.15, -0.1) is 0 Å². The summed E-state index contributed by atoms with van der Waals surface area (Å²) in [5, 5.41) is 15.1. The van der Waals surface area contributed by atoms with Gasteiger partial charge < -0.3 is 5.11 Å². The van der Waals surface area contributed by atoms with Gasteiger partial charge in [0.1, 0.15) is 0 Å². The van der Waals surface area contributed by atoms with E-state index in [1.165, 1.54) is 15.9 Å². The number of hydrogen-bond acceptors (Lipinski definition) is 1. The zero-order valence-corrected chi connectivity index (χ0v) is 17.6. The van der Waals surface area contributed by atoms with Crippen LogP contribution in [0.2, 0.25) is 0 Å². The topological polar surface area (TPSA) is 20.2 Å². The lowest BCUT2D eigenvalue weighted by Gasteiger charge is -2.30. The molecule has 1 atom stereocenters. The molecule has 0 aromatic heterocycles. The van der Waals surface area contributed by atoms with Crippen molar-refractivity contribution in [3.05, 3.63) is 139 Å². The van der Waals surface area contributed by atoms with Crippen LogP contribution in [0.15, 0.2) is 139 Å². The first-order valence-electron chi connectivity index (χ1n) is 10.1. The maximum atomic E-state index is 11.4. The minimum absolute atomic E-state index is 0.702. The number of benzene rings is 3. The SMILES string of the molecule is OC(C=P(c1ccccc1)(c1ccccc1)c1ccccc1)C1=C/C=C\C=C/C=C1. The number of aliphatic hydroxyl groups excluding tert-OH is 1. The van der Waals surface area contributed by atoms with Gasteiger partial charge >= 0.3 is 0 Å². The Hall–Kier alpha value is -3.12. The summed E-state index contributed by atoms with van der Waals surface area (Å²) in [7, 11) is 0. The summed E-state index contributed by atoms with van der Waals surface area (Å²) in [6.45, 7) is -2.19. The molecule has 0 bridgehead atoms. The van der Waals surface area contributed by atoms with E-state index >= 15 is 0 Å². The van der Waals surface area contributed by atoms with Crippen LogP contribution in [-0.2, 0) is 0 Å². The lowest BCUT2D eigenvalue weighted by molar-refractivity contribution is 0.287. The molecule has 3 aromatic carbocycles. The van der Waals surface area contributed by atoms with Crippen LogP contribution in [0.5, 0.6) is 0 Å². The van der Waals surface area contributed by atoms with Crippen LogP contribution in [0.1, 0.15) is 0 Å². The monoisotopic (exact) mass is 408 g/mol. The molecule has 1 aliphatic rings. The van der Waals surface area contributed by atoms with E-state index in [2.05, 4.69) is 78.6 Å². The zero-order valence-electron chi connectivity index (χ0n) is 16.8. The molecule has 1 N–H and O–H groups in total. The molecule has 3 aromatic rings. The predicted octanol–water partition coefficient (Wildman–Crippen LogP) is 4.75. The summed E-state index contributed by atoms with van der Waals surface area (Å²) in [6, 6.07) is 31.7. The lowest BCUT2D eigenvalue weighted by atomic mass is 10.1. The van der Waals surface area contributed by atoms with Gasteiger partial charge in [0.2, 0.25) is 0 Å². The van der Waals surface area contributed by atoms with Crippen LogP contribution in [0, 0.1) is 0 Å². The van der Waals surface area contributed by atoms with E-state index in [4.69, 9.17) is 0 Å². The van der Waals surface area contributed by atoms with Crippen molar-refractivity contribution in [3.8, 4) is 0 Å². The normalized spacial score (nSPS) is 16.6. The molecular weight excluding hydrogens is 383 g/mol. The second-order valence-corrected chi connectivity index (χ2v) is 10.4. The summed E-state index contributed by atoms with van der Waals surface area (Å²) < 4.78 is 0. The third kappa shape index (κ3) is 4.24. The Balaban J connectivity index is 2.01. The first-order valence-corrected chi connectivity index (χ1v) is 12.0. The molecule has 148 valence electrons.